The maximum atomic E-state index is 2.50. The molecule has 250 valence electrons. The van der Waals surface area contributed by atoms with Crippen molar-refractivity contribution in [1.29, 1.82) is 0 Å². The first-order valence-electron chi connectivity index (χ1n) is 19.6. The van der Waals surface area contributed by atoms with Gasteiger partial charge in [0, 0.05) is 0 Å². The van der Waals surface area contributed by atoms with Crippen molar-refractivity contribution in [3.8, 4) is 0 Å². The molecule has 0 radical (unpaired) electrons. The molecule has 0 saturated carbocycles. The summed E-state index contributed by atoms with van der Waals surface area (Å²) in [5.41, 5.74) is 0. The van der Waals surface area contributed by atoms with Crippen molar-refractivity contribution in [2.45, 2.75) is 213 Å². The summed E-state index contributed by atoms with van der Waals surface area (Å²) in [6, 6.07) is 0.690. The van der Waals surface area contributed by atoms with Crippen LogP contribution in [-0.2, 0) is 7.05 Å². The standard InChI is InChI=1S/C41H77N2/c1-4-6-8-10-12-14-16-18-20-22-24-26-28-30-32-34-36-41(43-39-38-42(3)40-43)37-35-33-31-29-27-25-23-21-19-17-15-13-11-9-7-5-2/h18-21,38-41H,4-17,22-37H2,1-3H3/q+1/b20-18+,21-19+. The number of hydrogen-bond acceptors (Lipinski definition) is 0. The van der Waals surface area contributed by atoms with Gasteiger partial charge in [-0.25, -0.2) is 9.13 Å². The van der Waals surface area contributed by atoms with Crippen molar-refractivity contribution in [2.75, 3.05) is 0 Å². The molecule has 0 spiro atoms. The Labute approximate surface area is 271 Å². The molecule has 43 heavy (non-hydrogen) atoms. The molecule has 0 amide bonds. The number of aryl methyl sites for hydroxylation is 1. The van der Waals surface area contributed by atoms with Crippen LogP contribution in [-0.4, -0.2) is 4.57 Å². The van der Waals surface area contributed by atoms with E-state index in [0.29, 0.717) is 6.04 Å². The summed E-state index contributed by atoms with van der Waals surface area (Å²) < 4.78 is 4.70. The van der Waals surface area contributed by atoms with Crippen LogP contribution in [0.25, 0.3) is 0 Å². The minimum absolute atomic E-state index is 0.690. The van der Waals surface area contributed by atoms with E-state index in [9.17, 15) is 0 Å². The molecule has 2 nitrogen and oxygen atoms in total. The Hall–Kier alpha value is -1.31. The van der Waals surface area contributed by atoms with Crippen molar-refractivity contribution in [2.24, 2.45) is 7.05 Å². The monoisotopic (exact) mass is 598 g/mol. The molecule has 0 bridgehead atoms. The first-order valence-corrected chi connectivity index (χ1v) is 19.6. The molecule has 1 rings (SSSR count). The highest BCUT2D eigenvalue weighted by molar-refractivity contribution is 4.82. The fourth-order valence-electron chi connectivity index (χ4n) is 6.38. The van der Waals surface area contributed by atoms with Gasteiger partial charge in [-0.3, -0.25) is 0 Å². The van der Waals surface area contributed by atoms with Crippen molar-refractivity contribution in [3.05, 3.63) is 43.0 Å². The third kappa shape index (κ3) is 26.8. The Kier molecular flexibility index (Phi) is 29.6. The molecule has 0 saturated heterocycles. The molecular weight excluding hydrogens is 520 g/mol. The van der Waals surface area contributed by atoms with E-state index in [2.05, 4.69) is 73.1 Å². The van der Waals surface area contributed by atoms with E-state index in [1.165, 1.54) is 193 Å². The van der Waals surface area contributed by atoms with Gasteiger partial charge < -0.3 is 0 Å². The van der Waals surface area contributed by atoms with E-state index in [1.807, 2.05) is 0 Å². The lowest BCUT2D eigenvalue weighted by Crippen LogP contribution is -2.24. The van der Waals surface area contributed by atoms with E-state index in [0.717, 1.165) is 0 Å². The molecule has 1 heterocycles. The molecule has 0 aliphatic carbocycles. The summed E-state index contributed by atoms with van der Waals surface area (Å²) in [6.07, 6.45) is 58.2. The third-order valence-electron chi connectivity index (χ3n) is 9.31. The van der Waals surface area contributed by atoms with Crippen LogP contribution in [0.4, 0.5) is 0 Å². The first kappa shape index (κ1) is 39.7. The number of imidazole rings is 1. The molecule has 2 heteroatoms. The predicted molar refractivity (Wildman–Crippen MR) is 193 cm³/mol. The summed E-state index contributed by atoms with van der Waals surface area (Å²) in [7, 11) is 2.15. The second kappa shape index (κ2) is 32.1. The van der Waals surface area contributed by atoms with Crippen LogP contribution in [0, 0.1) is 0 Å². The molecule has 0 aliphatic heterocycles. The quantitative estimate of drug-likeness (QED) is 0.0433. The lowest BCUT2D eigenvalue weighted by atomic mass is 9.99. The zero-order chi connectivity index (χ0) is 30.9. The van der Waals surface area contributed by atoms with Crippen LogP contribution in [0.3, 0.4) is 0 Å². The SMILES string of the molecule is CCCCCCCC/C=C/CCCCCCCCC(CCCCCCCC/C=C/CCCCCCCC)n1cc[n+](C)c1. The minimum atomic E-state index is 0.690. The molecule has 0 fully saturated rings. The number of nitrogens with zero attached hydrogens (tertiary/aromatic N) is 2. The Morgan fingerprint density at radius 1 is 0.465 bits per heavy atom. The lowest BCUT2D eigenvalue weighted by molar-refractivity contribution is -0.671. The van der Waals surface area contributed by atoms with Gasteiger partial charge in [-0.2, -0.15) is 0 Å². The van der Waals surface area contributed by atoms with E-state index in [-0.39, 0.29) is 0 Å². The van der Waals surface area contributed by atoms with E-state index in [4.69, 9.17) is 0 Å². The van der Waals surface area contributed by atoms with Crippen molar-refractivity contribution >= 4 is 0 Å². The van der Waals surface area contributed by atoms with Crippen LogP contribution < -0.4 is 4.57 Å². The highest BCUT2D eigenvalue weighted by Crippen LogP contribution is 2.23. The van der Waals surface area contributed by atoms with Gasteiger partial charge in [0.25, 0.3) is 0 Å². The topological polar surface area (TPSA) is 8.81 Å². The van der Waals surface area contributed by atoms with Crippen molar-refractivity contribution in [1.82, 2.24) is 4.57 Å². The normalized spacial score (nSPS) is 12.1. The average molecular weight is 598 g/mol. The van der Waals surface area contributed by atoms with Gasteiger partial charge in [0.2, 0.25) is 6.33 Å². The van der Waals surface area contributed by atoms with E-state index in [1.54, 1.807) is 0 Å². The molecule has 0 atom stereocenters. The molecule has 0 unspecified atom stereocenters. The Morgan fingerprint density at radius 2 is 0.791 bits per heavy atom. The largest absolute Gasteiger partial charge is 0.243 e. The van der Waals surface area contributed by atoms with Gasteiger partial charge in [0.15, 0.2) is 0 Å². The molecule has 0 N–H and O–H groups in total. The zero-order valence-corrected chi connectivity index (χ0v) is 29.7. The first-order chi connectivity index (χ1) is 21.3. The highest BCUT2D eigenvalue weighted by atomic mass is 15.1. The maximum Gasteiger partial charge on any atom is 0.243 e. The van der Waals surface area contributed by atoms with Crippen molar-refractivity contribution in [3.63, 3.8) is 0 Å². The minimum Gasteiger partial charge on any atom is -0.240 e. The number of rotatable bonds is 33. The van der Waals surface area contributed by atoms with Gasteiger partial charge in [0.05, 0.1) is 7.05 Å². The molecule has 0 aliphatic rings. The lowest BCUT2D eigenvalue weighted by Gasteiger charge is -2.14. The van der Waals surface area contributed by atoms with Crippen LogP contribution in [0.5, 0.6) is 0 Å². The summed E-state index contributed by atoms with van der Waals surface area (Å²) in [4.78, 5) is 0. The number of aromatic nitrogens is 2. The Bertz CT molecular complexity index is 688. The maximum absolute atomic E-state index is 2.50. The van der Waals surface area contributed by atoms with E-state index < -0.39 is 0 Å². The van der Waals surface area contributed by atoms with Gasteiger partial charge >= 0.3 is 0 Å². The van der Waals surface area contributed by atoms with Crippen LogP contribution in [0.2, 0.25) is 0 Å². The summed E-state index contributed by atoms with van der Waals surface area (Å²) >= 11 is 0. The predicted octanol–water partition coefficient (Wildman–Crippen LogP) is 13.7. The third-order valence-corrected chi connectivity index (χ3v) is 9.31. The fraction of sp³-hybridized carbons (Fsp3) is 0.829. The van der Waals surface area contributed by atoms with E-state index >= 15 is 0 Å². The fourth-order valence-corrected chi connectivity index (χ4v) is 6.38. The van der Waals surface area contributed by atoms with Crippen molar-refractivity contribution < 1.29 is 4.57 Å². The summed E-state index contributed by atoms with van der Waals surface area (Å²) in [5.74, 6) is 0. The zero-order valence-electron chi connectivity index (χ0n) is 29.7. The molecular formula is C41H77N2+. The Balaban J connectivity index is 2.01. The van der Waals surface area contributed by atoms with Gasteiger partial charge in [-0.05, 0) is 77.0 Å². The number of hydrogen-bond donors (Lipinski definition) is 0. The summed E-state index contributed by atoms with van der Waals surface area (Å²) in [6.45, 7) is 4.59. The van der Waals surface area contributed by atoms with Crippen LogP contribution in [0.1, 0.15) is 213 Å². The van der Waals surface area contributed by atoms with Crippen LogP contribution in [0.15, 0.2) is 43.0 Å². The van der Waals surface area contributed by atoms with Gasteiger partial charge in [-0.1, -0.05) is 154 Å². The molecule has 0 aromatic carbocycles. The second-order valence-corrected chi connectivity index (χ2v) is 13.6. The van der Waals surface area contributed by atoms with Gasteiger partial charge in [0.1, 0.15) is 18.4 Å². The van der Waals surface area contributed by atoms with Gasteiger partial charge in [-0.15, -0.1) is 0 Å². The second-order valence-electron chi connectivity index (χ2n) is 13.6. The molecule has 1 aromatic heterocycles. The summed E-state index contributed by atoms with van der Waals surface area (Å²) in [5, 5.41) is 0. The Morgan fingerprint density at radius 3 is 1.12 bits per heavy atom. The highest BCUT2D eigenvalue weighted by Gasteiger charge is 2.15. The smallest absolute Gasteiger partial charge is 0.240 e. The molecule has 1 aromatic rings. The number of allylic oxidation sites excluding steroid dienone is 4. The van der Waals surface area contributed by atoms with Crippen LogP contribution >= 0.6 is 0 Å². The average Bonchev–Trinajstić information content (AvgIpc) is 3.45. The number of unbranched alkanes of at least 4 members (excludes halogenated alkanes) is 24.